The van der Waals surface area contributed by atoms with E-state index < -0.39 is 79.5 Å². The summed E-state index contributed by atoms with van der Waals surface area (Å²) in [6, 6.07) is 22.6. The molecule has 4 amide bonds. The van der Waals surface area contributed by atoms with Crippen LogP contribution in [0.4, 0.5) is 10.7 Å². The number of sulfone groups is 1. The van der Waals surface area contributed by atoms with Crippen LogP contribution >= 0.6 is 0 Å². The summed E-state index contributed by atoms with van der Waals surface area (Å²) in [6.07, 6.45) is 7.34. The molecule has 11 rings (SSSR count). The average Bonchev–Trinajstić information content (AvgIpc) is 1.56. The first-order valence-electron chi connectivity index (χ1n) is 34.9. The molecule has 2 aliphatic heterocycles. The van der Waals surface area contributed by atoms with Gasteiger partial charge in [0.2, 0.25) is 33.6 Å². The number of anilines is 1. The van der Waals surface area contributed by atoms with Crippen LogP contribution in [0, 0.1) is 19.3 Å². The van der Waals surface area contributed by atoms with Crippen molar-refractivity contribution in [1.29, 1.82) is 0 Å². The molecule has 6 N–H and O–H groups in total. The van der Waals surface area contributed by atoms with E-state index in [1.807, 2.05) is 25.5 Å². The number of hydrogen-bond donors (Lipinski definition) is 6. The van der Waals surface area contributed by atoms with Crippen LogP contribution in [0.3, 0.4) is 0 Å². The van der Waals surface area contributed by atoms with E-state index in [4.69, 9.17) is 28.5 Å². The number of nitrogens with zero attached hydrogens (tertiary/aromatic N) is 6. The number of carbonyl (C=O) groups is 6. The van der Waals surface area contributed by atoms with Gasteiger partial charge in [-0.2, -0.15) is 9.97 Å². The molecule has 0 atom stereocenters. The highest BCUT2D eigenvalue weighted by Gasteiger charge is 2.34. The van der Waals surface area contributed by atoms with Crippen molar-refractivity contribution in [2.45, 2.75) is 121 Å². The number of carbonyl (C=O) groups excluding carboxylic acids is 6. The van der Waals surface area contributed by atoms with E-state index in [1.165, 1.54) is 99.4 Å². The number of urea groups is 1. The van der Waals surface area contributed by atoms with Gasteiger partial charge in [-0.1, -0.05) is 54.9 Å². The van der Waals surface area contributed by atoms with Crippen LogP contribution < -0.4 is 54.9 Å². The summed E-state index contributed by atoms with van der Waals surface area (Å²) in [7, 11) is -9.22. The highest BCUT2D eigenvalue weighted by Crippen LogP contribution is 2.37. The van der Waals surface area contributed by atoms with Gasteiger partial charge in [0.15, 0.2) is 15.6 Å². The number of aromatic nitrogens is 6. The Morgan fingerprint density at radius 2 is 1.27 bits per heavy atom. The van der Waals surface area contributed by atoms with E-state index in [0.717, 1.165) is 74.1 Å². The van der Waals surface area contributed by atoms with E-state index in [9.17, 15) is 72.0 Å². The van der Waals surface area contributed by atoms with Crippen molar-refractivity contribution in [3.63, 3.8) is 0 Å². The van der Waals surface area contributed by atoms with Crippen LogP contribution in [0.15, 0.2) is 133 Å². The molecule has 39 heteroatoms. The fraction of sp³-hybridized carbons (Fsp3) is 0.365. The number of ketones is 1. The minimum Gasteiger partial charge on any atom is -0.496 e. The number of nitrogens with one attached hydrogen (secondary N) is 6. The number of ether oxygens (including phenoxy) is 6. The molecule has 35 nitrogen and oxygen atoms in total. The number of esters is 2. The first-order valence-corrected chi connectivity index (χ1v) is 41.6. The van der Waals surface area contributed by atoms with Crippen LogP contribution in [0.25, 0.3) is 11.1 Å². The van der Waals surface area contributed by atoms with Crippen molar-refractivity contribution >= 4 is 87.1 Å². The molecule has 3 aromatic heterocycles. The molecular formula is C74H88N12O23S4. The van der Waals surface area contributed by atoms with E-state index in [1.54, 1.807) is 39.2 Å². The Bertz CT molecular complexity index is 5560. The molecule has 3 aliphatic rings. The molecule has 606 valence electrons. The second kappa shape index (κ2) is 36.8. The Labute approximate surface area is 652 Å². The van der Waals surface area contributed by atoms with Gasteiger partial charge < -0.3 is 43.7 Å². The minimum absolute atomic E-state index is 0.00623. The molecule has 5 heterocycles. The van der Waals surface area contributed by atoms with E-state index in [0.29, 0.717) is 73.2 Å². The molecule has 5 aromatic carbocycles. The number of H-pyrrole nitrogens is 1. The number of methoxy groups -OCH3 is 4. The van der Waals surface area contributed by atoms with Crippen LogP contribution in [0.1, 0.15) is 134 Å². The third-order valence-electron chi connectivity index (χ3n) is 17.2. The fourth-order valence-corrected chi connectivity index (χ4v) is 14.9. The van der Waals surface area contributed by atoms with Crippen LogP contribution in [-0.4, -0.2) is 171 Å². The number of hydrogen-bond acceptors (Lipinski definition) is 26. The largest absolute Gasteiger partial charge is 0.496 e. The maximum Gasteiger partial charge on any atom is 0.339 e. The maximum absolute atomic E-state index is 13.5. The number of aromatic amines is 1. The molecule has 8 aromatic rings. The van der Waals surface area contributed by atoms with E-state index in [-0.39, 0.29) is 91.1 Å². The molecule has 0 bridgehead atoms. The number of aryl methyl sites for hydroxylation is 4. The summed E-state index contributed by atoms with van der Waals surface area (Å²) in [5.74, 6) is -2.47. The van der Waals surface area contributed by atoms with Crippen molar-refractivity contribution in [3.05, 3.63) is 185 Å². The quantitative estimate of drug-likeness (QED) is 0.0313. The predicted octanol–water partition coefficient (Wildman–Crippen LogP) is 6.06. The Hall–Kier alpha value is -11.4. The molecule has 1 saturated carbocycles. The van der Waals surface area contributed by atoms with Crippen molar-refractivity contribution < 1.29 is 95.7 Å². The summed E-state index contributed by atoms with van der Waals surface area (Å²) < 4.78 is 139. The number of fused-ring (bicyclic) bond motifs is 1. The van der Waals surface area contributed by atoms with Gasteiger partial charge in [-0.25, -0.2) is 66.8 Å². The SMILES string of the molecule is CCc1cc(C)cc(CC)c1-c1c(OC(=O)C(C)(C)C)n2n(c1=O)CCOCC2.COC(=O)c1ccc(CNS(C)(=O)=O)cc1S(=O)(=O)NC(=O)Nc1nc(OC)cc(OC)n1.COc1ccccc1C(=O)NS(=O)(=O)c1ccc(C(=O)NC2CC2)cc1.Cc1c(C(=O)c2c[nH]n(C)c2=O)ccc(S(C)(=O)=O)c1C1=NOCC1. The second-order valence-corrected chi connectivity index (χ2v) is 33.8. The maximum atomic E-state index is 13.5. The topological polar surface area (TPSA) is 467 Å². The zero-order valence-electron chi connectivity index (χ0n) is 64.4. The molecular weight excluding hydrogens is 1550 g/mol. The first kappa shape index (κ1) is 87.2. The Morgan fingerprint density at radius 1 is 0.655 bits per heavy atom. The second-order valence-electron chi connectivity index (χ2n) is 26.7. The molecule has 0 saturated heterocycles. The van der Waals surface area contributed by atoms with Crippen molar-refractivity contribution in [3.8, 4) is 34.5 Å². The van der Waals surface area contributed by atoms with Crippen molar-refractivity contribution in [2.75, 3.05) is 66.1 Å². The lowest BCUT2D eigenvalue weighted by molar-refractivity contribution is -0.143. The van der Waals surface area contributed by atoms with Crippen LogP contribution in [0.2, 0.25) is 0 Å². The summed E-state index contributed by atoms with van der Waals surface area (Å²) in [6.45, 7) is 15.3. The third-order valence-corrected chi connectivity index (χ3v) is 21.8. The Balaban J connectivity index is 0.000000190. The van der Waals surface area contributed by atoms with Crippen molar-refractivity contribution in [2.24, 2.45) is 17.6 Å². The lowest BCUT2D eigenvalue weighted by atomic mass is 9.91. The number of rotatable bonds is 23. The zero-order valence-corrected chi connectivity index (χ0v) is 67.6. The van der Waals surface area contributed by atoms with Gasteiger partial charge >= 0.3 is 18.0 Å². The first-order chi connectivity index (χ1) is 53.2. The van der Waals surface area contributed by atoms with Crippen LogP contribution in [0.5, 0.6) is 23.4 Å². The van der Waals surface area contributed by atoms with Gasteiger partial charge in [0, 0.05) is 55.2 Å². The average molecular weight is 1640 g/mol. The fourth-order valence-electron chi connectivity index (χ4n) is 11.4. The normalized spacial score (nSPS) is 13.3. The highest BCUT2D eigenvalue weighted by atomic mass is 32.2. The molecule has 1 aliphatic carbocycles. The monoisotopic (exact) mass is 1640 g/mol. The molecule has 0 radical (unpaired) electrons. The number of amides is 4. The van der Waals surface area contributed by atoms with Gasteiger partial charge in [0.05, 0.1) is 99.1 Å². The summed E-state index contributed by atoms with van der Waals surface area (Å²) >= 11 is 0. The Morgan fingerprint density at radius 3 is 1.81 bits per heavy atom. The van der Waals surface area contributed by atoms with E-state index >= 15 is 0 Å². The van der Waals surface area contributed by atoms with Crippen LogP contribution in [-0.2, 0) is 98.5 Å². The third kappa shape index (κ3) is 22.1. The summed E-state index contributed by atoms with van der Waals surface area (Å²) in [5, 5.41) is 11.5. The van der Waals surface area contributed by atoms with E-state index in [2.05, 4.69) is 73.2 Å². The van der Waals surface area contributed by atoms with Crippen molar-refractivity contribution in [1.82, 2.24) is 48.6 Å². The van der Waals surface area contributed by atoms with Gasteiger partial charge in [-0.3, -0.25) is 38.8 Å². The lowest BCUT2D eigenvalue weighted by Gasteiger charge is -2.19. The molecule has 0 spiro atoms. The smallest absolute Gasteiger partial charge is 0.339 e. The lowest BCUT2D eigenvalue weighted by Crippen LogP contribution is -2.35. The summed E-state index contributed by atoms with van der Waals surface area (Å²) in [5.41, 5.74) is 5.41. The van der Waals surface area contributed by atoms with Gasteiger partial charge in [-0.15, -0.1) is 0 Å². The number of oxime groups is 1. The number of sulfonamides is 3. The zero-order chi connectivity index (χ0) is 83.2. The summed E-state index contributed by atoms with van der Waals surface area (Å²) in [4.78, 5) is 112. The Kier molecular flexibility index (Phi) is 28.4. The number of benzene rings is 5. The molecule has 1 fully saturated rings. The molecule has 113 heavy (non-hydrogen) atoms. The number of para-hydroxylation sites is 1. The predicted molar refractivity (Wildman–Crippen MR) is 413 cm³/mol. The van der Waals surface area contributed by atoms with Gasteiger partial charge in [0.25, 0.3) is 43.0 Å². The molecule has 0 unspecified atom stereocenters. The van der Waals surface area contributed by atoms with Gasteiger partial charge in [0.1, 0.15) is 28.4 Å². The van der Waals surface area contributed by atoms with Gasteiger partial charge in [-0.05, 0) is 149 Å². The minimum atomic E-state index is -4.63. The highest BCUT2D eigenvalue weighted by molar-refractivity contribution is 7.91. The standard InChI is InChI=1S/C23H32N2O4.C18H18N2O5S.C17H21N5O9S2.C16H17N3O5S/c1-7-16-13-15(3)14-17(8-2)18(16)19-20(26)24-9-11-28-12-10-25(24)21(19)29-22(27)23(4,5)6;1-25-16-5-3-2-4-15(16)18(22)20-26(23,24)14-10-6-12(7-11-14)17(21)19-13-8-9-13;1-29-13-8-14(30-2)20-16(19-13)21-17(24)22-33(27,28)12-7-10(9-18-32(4,25)26)5-6-11(12)15(23)31-3;1-9-10(15(20)11-8-17-19(2)16(11)21)4-5-13(25(3,22)23)14(9)12-6-7-24-18-12/h13-14H,7-12H2,1-6H3;2-7,10-11,13H,8-9H2,1H3,(H,19,21)(H,20,22);5-8,18H,9H2,1-4H3,(H2,19,20,21,22,24);4-5,8,17H,6-7H2,1-3H3.